The Bertz CT molecular complexity index is 685. The molecule has 112 valence electrons. The number of methoxy groups -OCH3 is 1. The van der Waals surface area contributed by atoms with E-state index in [1.54, 1.807) is 36.5 Å². The van der Waals surface area contributed by atoms with Gasteiger partial charge in [-0.15, -0.1) is 0 Å². The van der Waals surface area contributed by atoms with Crippen LogP contribution in [0.2, 0.25) is 0 Å². The number of quaternary nitrogens is 1. The molecule has 2 rings (SSSR count). The highest BCUT2D eigenvalue weighted by Crippen LogP contribution is 2.24. The van der Waals surface area contributed by atoms with Crippen molar-refractivity contribution in [2.45, 2.75) is 6.42 Å². The van der Waals surface area contributed by atoms with Gasteiger partial charge in [-0.3, -0.25) is 9.36 Å². The van der Waals surface area contributed by atoms with Gasteiger partial charge in [-0.05, 0) is 12.1 Å². The van der Waals surface area contributed by atoms with Crippen LogP contribution < -0.4 is 15.1 Å². The van der Waals surface area contributed by atoms with E-state index in [0.717, 1.165) is 0 Å². The number of rotatable bonds is 5. The van der Waals surface area contributed by atoms with E-state index in [9.17, 15) is 10.0 Å². The maximum atomic E-state index is 12.4. The Kier molecular flexibility index (Phi) is 5.09. The molecule has 2 aromatic rings. The van der Waals surface area contributed by atoms with E-state index in [1.807, 2.05) is 0 Å². The SMILES string of the molecule is COc1cc([NH+]([O-])P)ccc1-n1cccc(CCO)c1=O. The number of ether oxygens (including phenoxy) is 1. The third-order valence-electron chi connectivity index (χ3n) is 3.13. The summed E-state index contributed by atoms with van der Waals surface area (Å²) in [5.41, 5.74) is 1.35. The second-order valence-electron chi connectivity index (χ2n) is 4.43. The van der Waals surface area contributed by atoms with Crippen LogP contribution in [-0.2, 0) is 6.42 Å². The molecule has 1 aromatic carbocycles. The van der Waals surface area contributed by atoms with E-state index in [2.05, 4.69) is 9.39 Å². The summed E-state index contributed by atoms with van der Waals surface area (Å²) in [6.45, 7) is -0.0864. The molecule has 7 heteroatoms. The molecular weight excluding hydrogens is 291 g/mol. The van der Waals surface area contributed by atoms with Crippen LogP contribution in [-0.4, -0.2) is 23.4 Å². The predicted molar refractivity (Wildman–Crippen MR) is 83.1 cm³/mol. The highest BCUT2D eigenvalue weighted by atomic mass is 31.0. The van der Waals surface area contributed by atoms with Gasteiger partial charge in [0.1, 0.15) is 11.4 Å². The van der Waals surface area contributed by atoms with Gasteiger partial charge in [0.15, 0.2) is 0 Å². The third-order valence-corrected chi connectivity index (χ3v) is 3.46. The normalized spacial score (nSPS) is 12.2. The molecule has 0 amide bonds. The molecule has 1 heterocycles. The molecule has 0 radical (unpaired) electrons. The highest BCUT2D eigenvalue weighted by Gasteiger charge is 2.12. The molecule has 2 unspecified atom stereocenters. The zero-order valence-corrected chi connectivity index (χ0v) is 12.7. The van der Waals surface area contributed by atoms with Gasteiger partial charge in [0.25, 0.3) is 5.56 Å². The topological polar surface area (TPSA) is 79.0 Å². The van der Waals surface area contributed by atoms with Gasteiger partial charge >= 0.3 is 0 Å². The lowest BCUT2D eigenvalue weighted by Crippen LogP contribution is -2.90. The Balaban J connectivity index is 2.56. The summed E-state index contributed by atoms with van der Waals surface area (Å²) >= 11 is 0. The second kappa shape index (κ2) is 6.83. The summed E-state index contributed by atoms with van der Waals surface area (Å²) in [6, 6.07) is 8.32. The molecule has 0 bridgehead atoms. The fourth-order valence-corrected chi connectivity index (χ4v) is 2.25. The van der Waals surface area contributed by atoms with Gasteiger partial charge in [-0.2, -0.15) is 0 Å². The van der Waals surface area contributed by atoms with E-state index in [-0.39, 0.29) is 17.0 Å². The van der Waals surface area contributed by atoms with Crippen molar-refractivity contribution in [3.63, 3.8) is 0 Å². The van der Waals surface area contributed by atoms with Gasteiger partial charge < -0.3 is 19.9 Å². The number of hydrogen-bond acceptors (Lipinski definition) is 4. The fraction of sp³-hybridized carbons (Fsp3) is 0.214. The molecule has 0 saturated carbocycles. The molecule has 0 aliphatic rings. The van der Waals surface area contributed by atoms with Crippen LogP contribution in [0.1, 0.15) is 5.56 Å². The Morgan fingerprint density at radius 1 is 1.43 bits per heavy atom. The monoisotopic (exact) mass is 308 g/mol. The van der Waals surface area contributed by atoms with Crippen molar-refractivity contribution in [3.8, 4) is 11.4 Å². The maximum absolute atomic E-state index is 12.4. The van der Waals surface area contributed by atoms with Gasteiger partial charge in [0.2, 0.25) is 0 Å². The first-order chi connectivity index (χ1) is 10.1. The second-order valence-corrected chi connectivity index (χ2v) is 4.96. The predicted octanol–water partition coefficient (Wildman–Crippen LogP) is 0.185. The molecule has 0 spiro atoms. The lowest BCUT2D eigenvalue weighted by Gasteiger charge is -2.18. The summed E-state index contributed by atoms with van der Waals surface area (Å²) in [5.74, 6) is 0.437. The molecule has 0 aliphatic heterocycles. The minimum absolute atomic E-state index is 0.0864. The molecule has 2 atom stereocenters. The van der Waals surface area contributed by atoms with E-state index in [4.69, 9.17) is 9.84 Å². The van der Waals surface area contributed by atoms with Crippen LogP contribution in [0.4, 0.5) is 5.69 Å². The minimum Gasteiger partial charge on any atom is -0.628 e. The van der Waals surface area contributed by atoms with Crippen LogP contribution in [0.3, 0.4) is 0 Å². The Morgan fingerprint density at radius 2 is 2.19 bits per heavy atom. The third kappa shape index (κ3) is 3.31. The van der Waals surface area contributed by atoms with E-state index in [0.29, 0.717) is 29.1 Å². The largest absolute Gasteiger partial charge is 0.628 e. The van der Waals surface area contributed by atoms with Gasteiger partial charge in [-0.25, -0.2) is 0 Å². The number of pyridine rings is 1. The average molecular weight is 308 g/mol. The zero-order chi connectivity index (χ0) is 15.4. The van der Waals surface area contributed by atoms with Crippen molar-refractivity contribution in [3.05, 3.63) is 57.7 Å². The van der Waals surface area contributed by atoms with Crippen LogP contribution in [0.5, 0.6) is 5.75 Å². The lowest BCUT2D eigenvalue weighted by molar-refractivity contribution is -0.615. The lowest BCUT2D eigenvalue weighted by atomic mass is 10.2. The Hall–Kier alpha value is -1.72. The van der Waals surface area contributed by atoms with Gasteiger partial charge in [0.05, 0.1) is 22.2 Å². The Labute approximate surface area is 124 Å². The number of aliphatic hydroxyl groups excluding tert-OH is 1. The van der Waals surface area contributed by atoms with E-state index >= 15 is 0 Å². The van der Waals surface area contributed by atoms with Crippen molar-refractivity contribution in [2.75, 3.05) is 13.7 Å². The molecule has 0 fully saturated rings. The van der Waals surface area contributed by atoms with Crippen LogP contribution >= 0.6 is 9.39 Å². The number of benzene rings is 1. The van der Waals surface area contributed by atoms with E-state index < -0.39 is 0 Å². The number of nitrogens with one attached hydrogen (secondary N) is 1. The first-order valence-corrected chi connectivity index (χ1v) is 6.96. The van der Waals surface area contributed by atoms with Crippen molar-refractivity contribution in [2.24, 2.45) is 0 Å². The maximum Gasteiger partial charge on any atom is 0.258 e. The smallest absolute Gasteiger partial charge is 0.258 e. The van der Waals surface area contributed by atoms with Crippen LogP contribution in [0.15, 0.2) is 41.3 Å². The van der Waals surface area contributed by atoms with Crippen molar-refractivity contribution < 1.29 is 14.7 Å². The quantitative estimate of drug-likeness (QED) is 0.610. The number of hydrogen-bond donors (Lipinski definition) is 2. The fourth-order valence-electron chi connectivity index (χ4n) is 2.07. The molecule has 2 N–H and O–H groups in total. The molecule has 6 nitrogen and oxygen atoms in total. The van der Waals surface area contributed by atoms with Crippen molar-refractivity contribution >= 4 is 15.1 Å². The first kappa shape index (κ1) is 15.7. The molecule has 21 heavy (non-hydrogen) atoms. The van der Waals surface area contributed by atoms with Crippen LogP contribution in [0.25, 0.3) is 5.69 Å². The molecule has 1 aromatic heterocycles. The molecule has 0 aliphatic carbocycles. The minimum atomic E-state index is -0.213. The summed E-state index contributed by atoms with van der Waals surface area (Å²) in [5, 5.41) is 20.4. The number of nitrogens with zero attached hydrogens (tertiary/aromatic N) is 1. The van der Waals surface area contributed by atoms with Crippen molar-refractivity contribution in [1.82, 2.24) is 4.57 Å². The number of aliphatic hydroxyl groups is 1. The number of aromatic nitrogens is 1. The summed E-state index contributed by atoms with van der Waals surface area (Å²) in [4.78, 5) is 12.2. The average Bonchev–Trinajstić information content (AvgIpc) is 2.49. The molecular formula is C14H17N2O4P. The first-order valence-electron chi connectivity index (χ1n) is 6.38. The molecule has 0 saturated heterocycles. The summed E-state index contributed by atoms with van der Waals surface area (Å²) in [6.07, 6.45) is 1.92. The summed E-state index contributed by atoms with van der Waals surface area (Å²) < 4.78 is 6.72. The highest BCUT2D eigenvalue weighted by molar-refractivity contribution is 7.08. The standard InChI is InChI=1S/C14H17N2O4P/c1-20-13-9-11(16(19)21)4-5-12(13)15-7-2-3-10(6-8-17)14(15)18/h2-5,7,9,16-17H,6,8,21H2,1H3. The van der Waals surface area contributed by atoms with Gasteiger partial charge in [0, 0.05) is 36.9 Å². The van der Waals surface area contributed by atoms with Gasteiger partial charge in [-0.1, -0.05) is 6.07 Å². The Morgan fingerprint density at radius 3 is 2.81 bits per heavy atom. The van der Waals surface area contributed by atoms with Crippen molar-refractivity contribution in [1.29, 1.82) is 0 Å². The zero-order valence-electron chi connectivity index (χ0n) is 11.6. The summed E-state index contributed by atoms with van der Waals surface area (Å²) in [7, 11) is 3.59. The van der Waals surface area contributed by atoms with Crippen LogP contribution in [0, 0.1) is 5.21 Å². The van der Waals surface area contributed by atoms with E-state index in [1.165, 1.54) is 11.7 Å².